The van der Waals surface area contributed by atoms with E-state index >= 15 is 0 Å². The van der Waals surface area contributed by atoms with Gasteiger partial charge in [-0.25, -0.2) is 0 Å². The van der Waals surface area contributed by atoms with E-state index in [1.54, 1.807) is 6.08 Å². The molecule has 7 N–H and O–H groups in total. The summed E-state index contributed by atoms with van der Waals surface area (Å²) in [5.41, 5.74) is 0. The van der Waals surface area contributed by atoms with E-state index in [1.165, 1.54) is 231 Å². The van der Waals surface area contributed by atoms with Crippen molar-refractivity contribution in [3.63, 3.8) is 0 Å². The van der Waals surface area contributed by atoms with E-state index in [-0.39, 0.29) is 6.61 Å². The topological polar surface area (TPSA) is 169 Å². The highest BCUT2D eigenvalue weighted by atomic mass is 16.7. The van der Waals surface area contributed by atoms with Crippen molar-refractivity contribution >= 4 is 5.91 Å². The average molecular weight is 1050 g/mol. The Kier molecular flexibility index (Phi) is 50.8. The molecule has 1 rings (SSSR count). The second-order valence-corrected chi connectivity index (χ2v) is 22.3. The summed E-state index contributed by atoms with van der Waals surface area (Å²) in [6, 6.07) is -0.980. The Morgan fingerprint density at radius 1 is 0.473 bits per heavy atom. The lowest BCUT2D eigenvalue weighted by Crippen LogP contribution is -2.60. The molecule has 10 nitrogen and oxygen atoms in total. The van der Waals surface area contributed by atoms with Crippen molar-refractivity contribution in [1.29, 1.82) is 0 Å². The molecule has 10 heteroatoms. The van der Waals surface area contributed by atoms with Gasteiger partial charge in [0, 0.05) is 0 Å². The third kappa shape index (κ3) is 41.5. The zero-order chi connectivity index (χ0) is 53.8. The first kappa shape index (κ1) is 70.4. The predicted octanol–water partition coefficient (Wildman–Crippen LogP) is 15.3. The summed E-state index contributed by atoms with van der Waals surface area (Å²) in [6.45, 7) is 3.64. The number of amides is 1. The molecule has 436 valence electrons. The maximum absolute atomic E-state index is 13.1. The molecule has 1 aliphatic rings. The minimum Gasteiger partial charge on any atom is -0.394 e. The predicted molar refractivity (Wildman–Crippen MR) is 310 cm³/mol. The van der Waals surface area contributed by atoms with E-state index in [1.807, 2.05) is 6.08 Å². The Morgan fingerprint density at radius 2 is 0.824 bits per heavy atom. The Morgan fingerprint density at radius 3 is 1.20 bits per heavy atom. The Bertz CT molecular complexity index is 1280. The van der Waals surface area contributed by atoms with Crippen LogP contribution in [0.25, 0.3) is 0 Å². The summed E-state index contributed by atoms with van der Waals surface area (Å²) in [7, 11) is 0. The van der Waals surface area contributed by atoms with Crippen molar-refractivity contribution in [1.82, 2.24) is 5.32 Å². The van der Waals surface area contributed by atoms with Gasteiger partial charge in [-0.2, -0.15) is 0 Å². The van der Waals surface area contributed by atoms with Gasteiger partial charge in [-0.1, -0.05) is 288 Å². The van der Waals surface area contributed by atoms with Gasteiger partial charge in [-0.05, 0) is 51.4 Å². The van der Waals surface area contributed by atoms with Gasteiger partial charge in [-0.15, -0.1) is 0 Å². The second kappa shape index (κ2) is 53.4. The molecule has 0 aromatic carbocycles. The molecule has 74 heavy (non-hydrogen) atoms. The zero-order valence-electron chi connectivity index (χ0n) is 48.2. The smallest absolute Gasteiger partial charge is 0.249 e. The van der Waals surface area contributed by atoms with Crippen LogP contribution < -0.4 is 5.32 Å². The largest absolute Gasteiger partial charge is 0.394 e. The van der Waals surface area contributed by atoms with Crippen LogP contribution in [0.3, 0.4) is 0 Å². The number of ether oxygens (including phenoxy) is 2. The molecule has 0 aromatic heterocycles. The lowest BCUT2D eigenvalue weighted by molar-refractivity contribution is -0.302. The van der Waals surface area contributed by atoms with Gasteiger partial charge in [0.05, 0.1) is 25.4 Å². The number of unbranched alkanes of at least 4 members (excludes halogenated alkanes) is 40. The molecule has 0 spiro atoms. The fourth-order valence-corrected chi connectivity index (χ4v) is 10.2. The van der Waals surface area contributed by atoms with Crippen LogP contribution in [-0.2, 0) is 14.3 Å². The molecule has 1 saturated heterocycles. The summed E-state index contributed by atoms with van der Waals surface area (Å²) < 4.78 is 11.2. The highest BCUT2D eigenvalue weighted by molar-refractivity contribution is 5.80. The fourth-order valence-electron chi connectivity index (χ4n) is 10.2. The lowest BCUT2D eigenvalue weighted by Gasteiger charge is -2.40. The van der Waals surface area contributed by atoms with Gasteiger partial charge >= 0.3 is 0 Å². The van der Waals surface area contributed by atoms with Gasteiger partial charge in [0.15, 0.2) is 6.29 Å². The number of carbonyl (C=O) groups is 1. The monoisotopic (exact) mass is 1050 g/mol. The first-order chi connectivity index (χ1) is 36.3. The van der Waals surface area contributed by atoms with Crippen LogP contribution in [0.1, 0.15) is 303 Å². The third-order valence-electron chi connectivity index (χ3n) is 15.3. The molecule has 1 aliphatic heterocycles. The quantitative estimate of drug-likeness (QED) is 0.0232. The number of carbonyl (C=O) groups excluding carboxylic acids is 1. The highest BCUT2D eigenvalue weighted by Crippen LogP contribution is 2.23. The molecule has 8 unspecified atom stereocenters. The SMILES string of the molecule is CCCCCCCCCCCCC/C=C\C/C=C\CCCCCCCCCCCCCCCCCCC(O)C(=O)NC(COC1OC(CO)C(O)C(O)C1O)C(O)/C=C/CCCCCCCCCCCCCCC. The van der Waals surface area contributed by atoms with Crippen molar-refractivity contribution in [2.45, 2.75) is 352 Å². The molecular formula is C64H121NO9. The molecule has 0 aromatic rings. The summed E-state index contributed by atoms with van der Waals surface area (Å²) in [5, 5.41) is 65.1. The third-order valence-corrected chi connectivity index (χ3v) is 15.3. The normalized spacial score (nSPS) is 19.6. The Labute approximate surface area is 455 Å². The second-order valence-electron chi connectivity index (χ2n) is 22.3. The van der Waals surface area contributed by atoms with E-state index < -0.39 is 61.5 Å². The van der Waals surface area contributed by atoms with Gasteiger partial charge in [-0.3, -0.25) is 4.79 Å². The number of aliphatic hydroxyl groups excluding tert-OH is 6. The summed E-state index contributed by atoms with van der Waals surface area (Å²) >= 11 is 0. The standard InChI is InChI=1S/C64H121NO9/c1-3-5-7-9-11-13-15-17-19-20-21-22-23-24-25-26-27-28-29-30-31-32-33-34-35-36-37-39-41-43-45-47-49-51-53-58(68)63(72)65-56(55-73-64-62(71)61(70)60(69)59(54-66)74-64)57(67)52-50-48-46-44-42-40-38-18-16-14-12-10-8-6-4-2/h23-24,26-27,50,52,56-62,64,66-71H,3-22,25,28-49,51,53-55H2,1-2H3,(H,65,72)/b24-23-,27-26-,52-50+. The number of hydrogen-bond acceptors (Lipinski definition) is 9. The average Bonchev–Trinajstić information content (AvgIpc) is 3.40. The summed E-state index contributed by atoms with van der Waals surface area (Å²) in [4.78, 5) is 13.1. The first-order valence-corrected chi connectivity index (χ1v) is 31.8. The maximum Gasteiger partial charge on any atom is 0.249 e. The summed E-state index contributed by atoms with van der Waals surface area (Å²) in [6.07, 6.45) is 59.8. The van der Waals surface area contributed by atoms with Crippen molar-refractivity contribution in [2.24, 2.45) is 0 Å². The maximum atomic E-state index is 13.1. The Balaban J connectivity index is 2.14. The van der Waals surface area contributed by atoms with Gasteiger partial charge in [0.25, 0.3) is 0 Å². The van der Waals surface area contributed by atoms with Crippen LogP contribution in [0, 0.1) is 0 Å². The minimum absolute atomic E-state index is 0.303. The molecule has 1 fully saturated rings. The van der Waals surface area contributed by atoms with Crippen molar-refractivity contribution in [3.8, 4) is 0 Å². The number of nitrogens with one attached hydrogen (secondary N) is 1. The van der Waals surface area contributed by atoms with E-state index in [0.29, 0.717) is 6.42 Å². The Hall–Kier alpha value is -1.63. The van der Waals surface area contributed by atoms with Crippen molar-refractivity contribution in [2.75, 3.05) is 13.2 Å². The van der Waals surface area contributed by atoms with Crippen molar-refractivity contribution < 1.29 is 44.9 Å². The zero-order valence-corrected chi connectivity index (χ0v) is 48.2. The van der Waals surface area contributed by atoms with Gasteiger partial charge < -0.3 is 45.4 Å². The van der Waals surface area contributed by atoms with Crippen LogP contribution in [0.4, 0.5) is 0 Å². The number of rotatable bonds is 55. The molecule has 8 atom stereocenters. The van der Waals surface area contributed by atoms with Crippen LogP contribution in [0.15, 0.2) is 36.5 Å². The number of aliphatic hydroxyl groups is 6. The van der Waals surface area contributed by atoms with Crippen LogP contribution >= 0.6 is 0 Å². The highest BCUT2D eigenvalue weighted by Gasteiger charge is 2.44. The van der Waals surface area contributed by atoms with E-state index in [9.17, 15) is 35.4 Å². The molecule has 1 heterocycles. The van der Waals surface area contributed by atoms with Crippen LogP contribution in [0.5, 0.6) is 0 Å². The van der Waals surface area contributed by atoms with Crippen LogP contribution in [-0.4, -0.2) is 98.7 Å². The number of hydrogen-bond donors (Lipinski definition) is 7. The summed E-state index contributed by atoms with van der Waals surface area (Å²) in [5.74, 6) is -0.613. The minimum atomic E-state index is -1.61. The van der Waals surface area contributed by atoms with Crippen molar-refractivity contribution in [3.05, 3.63) is 36.5 Å². The first-order valence-electron chi connectivity index (χ1n) is 31.8. The van der Waals surface area contributed by atoms with E-state index in [0.717, 1.165) is 51.4 Å². The molecular weight excluding hydrogens is 927 g/mol. The molecule has 0 bridgehead atoms. The van der Waals surface area contributed by atoms with E-state index in [2.05, 4.69) is 43.5 Å². The van der Waals surface area contributed by atoms with Gasteiger partial charge in [0.1, 0.15) is 30.5 Å². The molecule has 0 aliphatic carbocycles. The van der Waals surface area contributed by atoms with Gasteiger partial charge in [0.2, 0.25) is 5.91 Å². The molecule has 0 radical (unpaired) electrons. The molecule has 1 amide bonds. The van der Waals surface area contributed by atoms with Crippen LogP contribution in [0.2, 0.25) is 0 Å². The fraction of sp³-hybridized carbons (Fsp3) is 0.891. The lowest BCUT2D eigenvalue weighted by atomic mass is 9.99. The molecule has 0 saturated carbocycles. The van der Waals surface area contributed by atoms with E-state index in [4.69, 9.17) is 9.47 Å². The number of allylic oxidation sites excluding steroid dienone is 5.